The number of rotatable bonds is 6. The molecule has 1 aliphatic heterocycles. The number of benzene rings is 2. The van der Waals surface area contributed by atoms with Gasteiger partial charge < -0.3 is 8.83 Å². The number of oxazole rings is 1. The van der Waals surface area contributed by atoms with Gasteiger partial charge >= 0.3 is 5.63 Å². The van der Waals surface area contributed by atoms with Gasteiger partial charge in [0.2, 0.25) is 5.89 Å². The van der Waals surface area contributed by atoms with E-state index in [0.717, 1.165) is 73.7 Å². The smallest absolute Gasteiger partial charge is 0.336 e. The van der Waals surface area contributed by atoms with E-state index in [1.807, 2.05) is 19.1 Å². The molecule has 1 fully saturated rings. The number of fused-ring (bicyclic) bond motifs is 1. The van der Waals surface area contributed by atoms with Gasteiger partial charge in [-0.1, -0.05) is 30.7 Å². The van der Waals surface area contributed by atoms with Crippen molar-refractivity contribution in [2.24, 2.45) is 0 Å². The second kappa shape index (κ2) is 9.57. The van der Waals surface area contributed by atoms with E-state index in [2.05, 4.69) is 54.0 Å². The molecule has 0 bridgehead atoms. The number of hydrogen-bond donors (Lipinski definition) is 0. The Balaban J connectivity index is 1.24. The van der Waals surface area contributed by atoms with E-state index in [9.17, 15) is 4.79 Å². The largest absolute Gasteiger partial charge is 0.441 e. The lowest BCUT2D eigenvalue weighted by molar-refractivity contribution is 0.121. The molecule has 0 unspecified atom stereocenters. The molecule has 6 nitrogen and oxygen atoms in total. The van der Waals surface area contributed by atoms with Crippen molar-refractivity contribution >= 4 is 11.0 Å². The van der Waals surface area contributed by atoms with Gasteiger partial charge in [0.05, 0.1) is 5.69 Å². The third kappa shape index (κ3) is 4.83. The van der Waals surface area contributed by atoms with Crippen LogP contribution in [0, 0.1) is 13.8 Å². The molecule has 5 rings (SSSR count). The summed E-state index contributed by atoms with van der Waals surface area (Å²) in [6.07, 6.45) is 0.959. The third-order valence-corrected chi connectivity index (χ3v) is 6.72. The molecule has 0 N–H and O–H groups in total. The van der Waals surface area contributed by atoms with Gasteiger partial charge in [0.15, 0.2) is 0 Å². The molecular formula is C28H31N3O3. The topological polar surface area (TPSA) is 62.7 Å². The van der Waals surface area contributed by atoms with Gasteiger partial charge in [0, 0.05) is 56.3 Å². The first kappa shape index (κ1) is 22.6. The highest BCUT2D eigenvalue weighted by atomic mass is 16.4. The molecule has 0 saturated carbocycles. The molecule has 0 spiro atoms. The van der Waals surface area contributed by atoms with Gasteiger partial charge in [-0.05, 0) is 55.7 Å². The normalized spacial score (nSPS) is 15.3. The van der Waals surface area contributed by atoms with E-state index < -0.39 is 0 Å². The van der Waals surface area contributed by atoms with Crippen molar-refractivity contribution in [2.75, 3.05) is 26.2 Å². The second-order valence-electron chi connectivity index (χ2n) is 9.21. The summed E-state index contributed by atoms with van der Waals surface area (Å²) in [6, 6.07) is 16.0. The van der Waals surface area contributed by atoms with Gasteiger partial charge in [-0.25, -0.2) is 9.78 Å². The van der Waals surface area contributed by atoms with Crippen LogP contribution in [0.4, 0.5) is 0 Å². The van der Waals surface area contributed by atoms with Crippen LogP contribution < -0.4 is 5.63 Å². The van der Waals surface area contributed by atoms with Crippen LogP contribution in [0.2, 0.25) is 0 Å². The molecule has 6 heteroatoms. The number of piperazine rings is 1. The van der Waals surface area contributed by atoms with Crippen LogP contribution in [-0.2, 0) is 19.5 Å². The lowest BCUT2D eigenvalue weighted by Gasteiger charge is -2.34. The Morgan fingerprint density at radius 3 is 2.29 bits per heavy atom. The lowest BCUT2D eigenvalue weighted by Crippen LogP contribution is -2.45. The molecule has 1 saturated heterocycles. The summed E-state index contributed by atoms with van der Waals surface area (Å²) in [5.74, 6) is 1.57. The molecular weight excluding hydrogens is 426 g/mol. The Labute approximate surface area is 199 Å². The van der Waals surface area contributed by atoms with Crippen molar-refractivity contribution in [3.05, 3.63) is 87.1 Å². The fourth-order valence-corrected chi connectivity index (χ4v) is 4.58. The van der Waals surface area contributed by atoms with Crippen LogP contribution in [-0.4, -0.2) is 41.0 Å². The molecule has 0 radical (unpaired) electrons. The summed E-state index contributed by atoms with van der Waals surface area (Å²) < 4.78 is 11.4. The van der Waals surface area contributed by atoms with Gasteiger partial charge in [-0.15, -0.1) is 0 Å². The Kier molecular flexibility index (Phi) is 6.35. The molecule has 2 aromatic carbocycles. The van der Waals surface area contributed by atoms with Crippen molar-refractivity contribution in [1.29, 1.82) is 0 Å². The fraction of sp³-hybridized carbons (Fsp3) is 0.357. The average Bonchev–Trinajstić information content (AvgIpc) is 3.20. The van der Waals surface area contributed by atoms with Crippen LogP contribution in [0.15, 0.2) is 62.2 Å². The quantitative estimate of drug-likeness (QED) is 0.382. The lowest BCUT2D eigenvalue weighted by atomic mass is 10.0. The predicted molar refractivity (Wildman–Crippen MR) is 134 cm³/mol. The monoisotopic (exact) mass is 457 g/mol. The first-order valence-electron chi connectivity index (χ1n) is 12.0. The predicted octanol–water partition coefficient (Wildman–Crippen LogP) is 4.95. The highest BCUT2D eigenvalue weighted by molar-refractivity contribution is 5.80. The minimum Gasteiger partial charge on any atom is -0.441 e. The molecule has 0 amide bonds. The minimum absolute atomic E-state index is 0.281. The van der Waals surface area contributed by atoms with Crippen molar-refractivity contribution < 1.29 is 8.83 Å². The van der Waals surface area contributed by atoms with E-state index >= 15 is 0 Å². The van der Waals surface area contributed by atoms with E-state index in [4.69, 9.17) is 13.8 Å². The summed E-state index contributed by atoms with van der Waals surface area (Å²) in [4.78, 5) is 21.7. The molecule has 0 aliphatic carbocycles. The number of aryl methyl sites for hydroxylation is 3. The summed E-state index contributed by atoms with van der Waals surface area (Å²) in [6.45, 7) is 11.5. The molecule has 1 aliphatic rings. The Hall–Kier alpha value is -3.22. The van der Waals surface area contributed by atoms with Crippen molar-refractivity contribution in [1.82, 2.24) is 14.8 Å². The van der Waals surface area contributed by atoms with Crippen molar-refractivity contribution in [3.8, 4) is 11.5 Å². The van der Waals surface area contributed by atoms with E-state index in [0.29, 0.717) is 11.5 Å². The summed E-state index contributed by atoms with van der Waals surface area (Å²) in [5.41, 5.74) is 5.92. The van der Waals surface area contributed by atoms with Gasteiger partial charge in [-0.2, -0.15) is 0 Å². The maximum Gasteiger partial charge on any atom is 0.336 e. The Morgan fingerprint density at radius 2 is 1.59 bits per heavy atom. The zero-order chi connectivity index (χ0) is 23.7. The number of aromatic nitrogens is 1. The number of nitrogens with zero attached hydrogens (tertiary/aromatic N) is 3. The van der Waals surface area contributed by atoms with Crippen molar-refractivity contribution in [3.63, 3.8) is 0 Å². The van der Waals surface area contributed by atoms with Crippen molar-refractivity contribution in [2.45, 2.75) is 40.3 Å². The first-order chi connectivity index (χ1) is 16.5. The van der Waals surface area contributed by atoms with E-state index in [1.54, 1.807) is 6.07 Å². The van der Waals surface area contributed by atoms with Gasteiger partial charge in [-0.3, -0.25) is 9.80 Å². The summed E-state index contributed by atoms with van der Waals surface area (Å²) in [7, 11) is 0. The Bertz CT molecular complexity index is 1350. The van der Waals surface area contributed by atoms with Crippen LogP contribution in [0.1, 0.15) is 35.1 Å². The third-order valence-electron chi connectivity index (χ3n) is 6.72. The molecule has 34 heavy (non-hydrogen) atoms. The van der Waals surface area contributed by atoms with Crippen LogP contribution >= 0.6 is 0 Å². The molecule has 3 heterocycles. The van der Waals surface area contributed by atoms with E-state index in [-0.39, 0.29) is 5.63 Å². The van der Waals surface area contributed by atoms with Crippen LogP contribution in [0.3, 0.4) is 0 Å². The SMILES string of the molecule is CCc1ccc2oc(=O)cc(CN3CCN(Cc4nc(-c5ccc(C)cc5)oc4C)CC3)c2c1. The maximum atomic E-state index is 12.1. The highest BCUT2D eigenvalue weighted by Gasteiger charge is 2.21. The van der Waals surface area contributed by atoms with Gasteiger partial charge in [0.1, 0.15) is 11.3 Å². The maximum absolute atomic E-state index is 12.1. The summed E-state index contributed by atoms with van der Waals surface area (Å²) in [5, 5.41) is 1.04. The van der Waals surface area contributed by atoms with Crippen LogP contribution in [0.5, 0.6) is 0 Å². The summed E-state index contributed by atoms with van der Waals surface area (Å²) >= 11 is 0. The fourth-order valence-electron chi connectivity index (χ4n) is 4.58. The zero-order valence-corrected chi connectivity index (χ0v) is 20.1. The van der Waals surface area contributed by atoms with Gasteiger partial charge in [0.25, 0.3) is 0 Å². The minimum atomic E-state index is -0.281. The van der Waals surface area contributed by atoms with E-state index in [1.165, 1.54) is 11.1 Å². The average molecular weight is 458 g/mol. The molecule has 0 atom stereocenters. The second-order valence-corrected chi connectivity index (χ2v) is 9.21. The highest BCUT2D eigenvalue weighted by Crippen LogP contribution is 2.24. The number of hydrogen-bond acceptors (Lipinski definition) is 6. The molecule has 2 aromatic heterocycles. The molecule has 176 valence electrons. The Morgan fingerprint density at radius 1 is 0.882 bits per heavy atom. The molecule has 4 aromatic rings. The first-order valence-corrected chi connectivity index (χ1v) is 12.0. The van der Waals surface area contributed by atoms with Crippen LogP contribution in [0.25, 0.3) is 22.4 Å². The standard InChI is InChI=1S/C28H31N3O3/c1-4-21-7-10-26-24(15-21)23(16-27(32)34-26)17-30-11-13-31(14-12-30)18-25-20(3)33-28(29-25)22-8-5-19(2)6-9-22/h5-10,15-16H,4,11-14,17-18H2,1-3H3. The zero-order valence-electron chi connectivity index (χ0n) is 20.1.